The normalized spacial score (nSPS) is 19.0. The van der Waals surface area contributed by atoms with Gasteiger partial charge in [0.05, 0.1) is 23.6 Å². The van der Waals surface area contributed by atoms with Gasteiger partial charge in [-0.3, -0.25) is 19.2 Å². The van der Waals surface area contributed by atoms with Crippen LogP contribution in [0.3, 0.4) is 0 Å². The summed E-state index contributed by atoms with van der Waals surface area (Å²) in [5, 5.41) is 15.6. The monoisotopic (exact) mass is 710 g/mol. The van der Waals surface area contributed by atoms with E-state index in [9.17, 15) is 27.6 Å². The molecule has 0 spiro atoms. The highest BCUT2D eigenvalue weighted by Crippen LogP contribution is 2.26. The Labute approximate surface area is 292 Å². The van der Waals surface area contributed by atoms with Crippen molar-refractivity contribution in [1.82, 2.24) is 40.3 Å². The van der Waals surface area contributed by atoms with Crippen molar-refractivity contribution in [3.8, 4) is 5.75 Å². The largest absolute Gasteiger partial charge is 0.496 e. The lowest BCUT2D eigenvalue weighted by molar-refractivity contribution is -0.129. The number of nitrogens with one attached hydrogen (secondary N) is 4. The van der Waals surface area contributed by atoms with Crippen molar-refractivity contribution in [1.29, 1.82) is 0 Å². The number of aryl methyl sites for hydroxylation is 1. The van der Waals surface area contributed by atoms with Crippen LogP contribution in [0.25, 0.3) is 0 Å². The number of nitrogens with zero attached hydrogens (tertiary/aromatic N) is 4. The minimum atomic E-state index is -4.16. The molecule has 3 aromatic rings. The molecule has 2 heterocycles. The second-order valence-corrected chi connectivity index (χ2v) is 14.3. The van der Waals surface area contributed by atoms with E-state index in [0.29, 0.717) is 11.6 Å². The molecular formula is C34H46N8O7S. The van der Waals surface area contributed by atoms with Crippen LogP contribution in [0.15, 0.2) is 53.4 Å². The van der Waals surface area contributed by atoms with Crippen LogP contribution in [0.4, 0.5) is 0 Å². The van der Waals surface area contributed by atoms with Crippen molar-refractivity contribution < 1.29 is 32.3 Å². The van der Waals surface area contributed by atoms with Crippen molar-refractivity contribution in [3.05, 3.63) is 71.3 Å². The molecule has 1 aliphatic heterocycles. The molecule has 15 nitrogen and oxygen atoms in total. The van der Waals surface area contributed by atoms with Crippen LogP contribution in [-0.2, 0) is 37.4 Å². The van der Waals surface area contributed by atoms with Gasteiger partial charge in [0, 0.05) is 39.5 Å². The first-order chi connectivity index (χ1) is 23.8. The number of methoxy groups -OCH3 is 1. The number of hydrogen-bond donors (Lipinski definition) is 4. The predicted molar refractivity (Wildman–Crippen MR) is 185 cm³/mol. The summed E-state index contributed by atoms with van der Waals surface area (Å²) < 4.78 is 35.8. The summed E-state index contributed by atoms with van der Waals surface area (Å²) in [5.41, 5.74) is 0.883. The van der Waals surface area contributed by atoms with E-state index in [2.05, 4.69) is 31.3 Å². The fourth-order valence-corrected chi connectivity index (χ4v) is 7.22. The van der Waals surface area contributed by atoms with Gasteiger partial charge in [-0.15, -0.1) is 0 Å². The molecule has 0 bridgehead atoms. The summed E-state index contributed by atoms with van der Waals surface area (Å²) >= 11 is 0. The molecule has 4 rings (SSSR count). The SMILES string of the molecule is CNC(=O)c1cc(S(=O)(=O)N2CCCNC(=O)Cn3nc(C)nc3[C@H](C(C)C)NC(=O)[C@@H](Cc3ccccc3)NC(=O)CCC2)ccc1OC. The fraction of sp³-hybridized carbons (Fsp3) is 0.471. The average molecular weight is 711 g/mol. The van der Waals surface area contributed by atoms with E-state index in [1.807, 2.05) is 44.2 Å². The van der Waals surface area contributed by atoms with Gasteiger partial charge in [0.2, 0.25) is 27.7 Å². The number of amides is 4. The zero-order valence-corrected chi connectivity index (χ0v) is 29.9. The van der Waals surface area contributed by atoms with Crippen LogP contribution < -0.4 is 26.0 Å². The number of ether oxygens (including phenoxy) is 1. The molecule has 2 atom stereocenters. The van der Waals surface area contributed by atoms with E-state index < -0.39 is 39.8 Å². The smallest absolute Gasteiger partial charge is 0.254 e. The van der Waals surface area contributed by atoms with Crippen molar-refractivity contribution >= 4 is 33.7 Å². The first-order valence-corrected chi connectivity index (χ1v) is 18.0. The average Bonchev–Trinajstić information content (AvgIpc) is 3.45. The van der Waals surface area contributed by atoms with Gasteiger partial charge in [0.1, 0.15) is 24.2 Å². The third kappa shape index (κ3) is 9.65. The van der Waals surface area contributed by atoms with Crippen LogP contribution in [0.2, 0.25) is 0 Å². The van der Waals surface area contributed by atoms with Gasteiger partial charge >= 0.3 is 0 Å². The highest BCUT2D eigenvalue weighted by molar-refractivity contribution is 7.89. The molecule has 0 radical (unpaired) electrons. The van der Waals surface area contributed by atoms with E-state index in [0.717, 1.165) is 5.56 Å². The van der Waals surface area contributed by atoms with Crippen molar-refractivity contribution in [3.63, 3.8) is 0 Å². The maximum absolute atomic E-state index is 13.9. The third-order valence-corrected chi connectivity index (χ3v) is 10.2. The first-order valence-electron chi connectivity index (χ1n) is 16.6. The molecule has 0 fully saturated rings. The van der Waals surface area contributed by atoms with Gasteiger partial charge in [0.25, 0.3) is 5.91 Å². The number of rotatable bonds is 7. The maximum Gasteiger partial charge on any atom is 0.254 e. The molecule has 0 saturated carbocycles. The van der Waals surface area contributed by atoms with Crippen molar-refractivity contribution in [2.45, 2.75) is 70.0 Å². The van der Waals surface area contributed by atoms with Crippen LogP contribution >= 0.6 is 0 Å². The number of fused-ring (bicyclic) bond motifs is 1. The Morgan fingerprint density at radius 3 is 2.44 bits per heavy atom. The molecule has 0 unspecified atom stereocenters. The fourth-order valence-electron chi connectivity index (χ4n) is 5.68. The lowest BCUT2D eigenvalue weighted by Crippen LogP contribution is -2.50. The highest BCUT2D eigenvalue weighted by atomic mass is 32.2. The summed E-state index contributed by atoms with van der Waals surface area (Å²) in [6, 6.07) is 11.7. The van der Waals surface area contributed by atoms with E-state index in [4.69, 9.17) is 4.74 Å². The lowest BCUT2D eigenvalue weighted by atomic mass is 10.0. The van der Waals surface area contributed by atoms with Crippen LogP contribution in [0.5, 0.6) is 5.75 Å². The second-order valence-electron chi connectivity index (χ2n) is 12.4. The molecule has 270 valence electrons. The molecule has 4 N–H and O–H groups in total. The lowest BCUT2D eigenvalue weighted by Gasteiger charge is -2.26. The van der Waals surface area contributed by atoms with Gasteiger partial charge < -0.3 is 26.0 Å². The summed E-state index contributed by atoms with van der Waals surface area (Å²) in [6.07, 6.45) is 0.562. The Morgan fingerprint density at radius 2 is 1.76 bits per heavy atom. The number of sulfonamides is 1. The van der Waals surface area contributed by atoms with Gasteiger partial charge in [-0.25, -0.2) is 18.1 Å². The molecule has 1 aliphatic rings. The summed E-state index contributed by atoms with van der Waals surface area (Å²) in [7, 11) is -1.35. The minimum absolute atomic E-state index is 0.0215. The zero-order valence-electron chi connectivity index (χ0n) is 29.1. The van der Waals surface area contributed by atoms with Gasteiger partial charge in [0.15, 0.2) is 5.82 Å². The molecular weight excluding hydrogens is 664 g/mol. The Morgan fingerprint density at radius 1 is 1.04 bits per heavy atom. The molecule has 0 aliphatic carbocycles. The van der Waals surface area contributed by atoms with Crippen LogP contribution in [0.1, 0.15) is 66.7 Å². The van der Waals surface area contributed by atoms with Gasteiger partial charge in [-0.1, -0.05) is 44.2 Å². The molecule has 0 saturated heterocycles. The predicted octanol–water partition coefficient (Wildman–Crippen LogP) is 1.49. The number of hydrogen-bond acceptors (Lipinski definition) is 9. The third-order valence-electron chi connectivity index (χ3n) is 8.27. The van der Waals surface area contributed by atoms with Crippen LogP contribution in [-0.4, -0.2) is 90.9 Å². The van der Waals surface area contributed by atoms with E-state index in [1.54, 1.807) is 6.92 Å². The Hall–Kier alpha value is -4.83. The highest BCUT2D eigenvalue weighted by Gasteiger charge is 2.31. The van der Waals surface area contributed by atoms with E-state index >= 15 is 0 Å². The van der Waals surface area contributed by atoms with Crippen molar-refractivity contribution in [2.75, 3.05) is 33.8 Å². The van der Waals surface area contributed by atoms with Crippen LogP contribution in [0, 0.1) is 12.8 Å². The second kappa shape index (κ2) is 17.2. The summed E-state index contributed by atoms with van der Waals surface area (Å²) in [6.45, 7) is 5.51. The Bertz CT molecular complexity index is 1780. The molecule has 16 heteroatoms. The standard InChI is InChI=1S/C34H46N8O7S/c1-22(2)31-32-37-23(3)40-42(32)21-30(44)36-16-10-18-41(50(47,48)25-14-15-28(49-5)26(20-25)33(45)35-4)17-9-13-29(43)38-27(34(46)39-31)19-24-11-7-6-8-12-24/h6-8,11-12,14-15,20,22,27,31H,9-10,13,16-19,21H2,1-5H3,(H,35,45)(H,36,44)(H,38,43)(H,39,46)/t27-,31+/m1/s1. The molecule has 2 aromatic carbocycles. The number of aromatic nitrogens is 3. The topological polar surface area (TPSA) is 194 Å². The van der Waals surface area contributed by atoms with E-state index in [-0.39, 0.29) is 79.9 Å². The quantitative estimate of drug-likeness (QED) is 0.281. The molecule has 50 heavy (non-hydrogen) atoms. The van der Waals surface area contributed by atoms with Gasteiger partial charge in [-0.2, -0.15) is 9.40 Å². The summed E-state index contributed by atoms with van der Waals surface area (Å²) in [5.74, 6) is -0.826. The molecule has 4 amide bonds. The first kappa shape index (κ1) is 38.0. The zero-order chi connectivity index (χ0) is 36.4. The summed E-state index contributed by atoms with van der Waals surface area (Å²) in [4.78, 5) is 57.2. The Kier molecular flexibility index (Phi) is 13.1. The minimum Gasteiger partial charge on any atom is -0.496 e. The van der Waals surface area contributed by atoms with E-state index in [1.165, 1.54) is 41.3 Å². The maximum atomic E-state index is 13.9. The number of carbonyl (C=O) groups is 4. The number of carbonyl (C=O) groups excluding carboxylic acids is 4. The van der Waals surface area contributed by atoms with Crippen molar-refractivity contribution in [2.24, 2.45) is 5.92 Å². The Balaban J connectivity index is 1.65. The molecule has 1 aromatic heterocycles. The number of benzene rings is 2. The van der Waals surface area contributed by atoms with Gasteiger partial charge in [-0.05, 0) is 49.4 Å².